The lowest BCUT2D eigenvalue weighted by atomic mass is 9.87. The molecule has 2 unspecified atom stereocenters. The lowest BCUT2D eigenvalue weighted by Crippen LogP contribution is -2.27. The van der Waals surface area contributed by atoms with Gasteiger partial charge in [0.1, 0.15) is 17.9 Å². The normalized spacial score (nSPS) is 17.1. The number of aliphatic hydroxyl groups is 4. The van der Waals surface area contributed by atoms with Gasteiger partial charge in [-0.1, -0.05) is 72.8 Å². The van der Waals surface area contributed by atoms with Crippen LogP contribution in [0, 0.1) is 0 Å². The van der Waals surface area contributed by atoms with Crippen molar-refractivity contribution in [3.8, 4) is 22.9 Å². The van der Waals surface area contributed by atoms with Gasteiger partial charge in [-0.15, -0.1) is 0 Å². The maximum Gasteiger partial charge on any atom is 0.186 e. The van der Waals surface area contributed by atoms with Gasteiger partial charge in [0, 0.05) is 43.3 Å². The minimum atomic E-state index is -1.97. The number of benzene rings is 6. The Labute approximate surface area is 263 Å². The molecule has 0 radical (unpaired) electrons. The second-order valence-corrected chi connectivity index (χ2v) is 12.2. The van der Waals surface area contributed by atoms with E-state index in [4.69, 9.17) is 0 Å². The third-order valence-corrected chi connectivity index (χ3v) is 10.0. The van der Waals surface area contributed by atoms with E-state index in [1.165, 1.54) is 5.39 Å². The number of nitrogens with zero attached hydrogens (tertiary/aromatic N) is 2. The topological polar surface area (TPSA) is 151 Å². The van der Waals surface area contributed by atoms with E-state index < -0.39 is 52.1 Å². The van der Waals surface area contributed by atoms with Gasteiger partial charge in [-0.2, -0.15) is 0 Å². The molecule has 3 aromatic heterocycles. The summed E-state index contributed by atoms with van der Waals surface area (Å²) in [4.78, 5) is 0. The molecule has 9 nitrogen and oxygen atoms in total. The maximum atomic E-state index is 11.7. The van der Waals surface area contributed by atoms with Crippen LogP contribution in [0.1, 0.15) is 17.2 Å². The summed E-state index contributed by atoms with van der Waals surface area (Å²) in [5, 5.41) is 84.4. The molecule has 47 heavy (non-hydrogen) atoms. The molecule has 0 aliphatic heterocycles. The number of phenols is 3. The lowest BCUT2D eigenvalue weighted by Gasteiger charge is -2.29. The molecule has 0 spiro atoms. The summed E-state index contributed by atoms with van der Waals surface area (Å²) in [6.07, 6.45) is -3.90. The Bertz CT molecular complexity index is 2900. The zero-order valence-electron chi connectivity index (χ0n) is 24.3. The second kappa shape index (κ2) is 8.55. The fraction of sp³-hybridized carbons (Fsp3) is 0.0526. The van der Waals surface area contributed by atoms with Crippen LogP contribution in [0.5, 0.6) is 17.2 Å². The predicted octanol–water partition coefficient (Wildman–Crippen LogP) is 7.40. The molecule has 0 saturated carbocycles. The minimum absolute atomic E-state index is 0.261. The van der Waals surface area contributed by atoms with Crippen LogP contribution in [-0.4, -0.2) is 50.8 Å². The zero-order chi connectivity index (χ0) is 32.0. The van der Waals surface area contributed by atoms with Crippen LogP contribution in [0.4, 0.5) is 0 Å². The maximum absolute atomic E-state index is 11.7. The van der Waals surface area contributed by atoms with Crippen LogP contribution in [0.25, 0.3) is 82.1 Å². The molecular weight excluding hydrogens is 596 g/mol. The van der Waals surface area contributed by atoms with Crippen molar-refractivity contribution in [1.29, 1.82) is 0 Å². The number of para-hydroxylation sites is 3. The Morgan fingerprint density at radius 2 is 1.06 bits per heavy atom. The van der Waals surface area contributed by atoms with Crippen LogP contribution >= 0.6 is 0 Å². The van der Waals surface area contributed by atoms with Crippen LogP contribution in [0.15, 0.2) is 96.8 Å². The first-order valence-corrected chi connectivity index (χ1v) is 15.1. The van der Waals surface area contributed by atoms with E-state index in [2.05, 4.69) is 46.9 Å². The Morgan fingerprint density at radius 1 is 0.468 bits per heavy atom. The number of hydrogen-bond donors (Lipinski definition) is 7. The highest BCUT2D eigenvalue weighted by Crippen LogP contribution is 2.54. The quantitative estimate of drug-likeness (QED) is 0.0746. The summed E-state index contributed by atoms with van der Waals surface area (Å²) in [6, 6.07) is 30.2. The van der Waals surface area contributed by atoms with Gasteiger partial charge in [0.2, 0.25) is 0 Å². The van der Waals surface area contributed by atoms with E-state index in [0.29, 0.717) is 11.0 Å². The molecule has 228 valence electrons. The SMILES string of the molecule is OC1=C(O)C(O)C(O)c2c(O)c(O)c(-n3c4ccccc4c4ccc5c(ccc6c5c5cccc7c8ccccc8n6c75)c43)c(O)c21. The molecule has 10 rings (SSSR count). The number of fused-ring (bicyclic) bond motifs is 13. The Morgan fingerprint density at radius 3 is 1.85 bits per heavy atom. The van der Waals surface area contributed by atoms with Crippen molar-refractivity contribution in [3.63, 3.8) is 0 Å². The van der Waals surface area contributed by atoms with Gasteiger partial charge in [0.25, 0.3) is 0 Å². The molecular formula is C38H24N2O7. The van der Waals surface area contributed by atoms with Gasteiger partial charge in [0.05, 0.1) is 33.1 Å². The molecule has 9 heteroatoms. The third-order valence-electron chi connectivity index (χ3n) is 10.0. The number of aromatic nitrogens is 2. The number of rotatable bonds is 1. The van der Waals surface area contributed by atoms with E-state index in [1.807, 2.05) is 48.5 Å². The van der Waals surface area contributed by atoms with Crippen LogP contribution in [0.2, 0.25) is 0 Å². The first-order chi connectivity index (χ1) is 22.8. The standard InChI is InChI=1S/C38H24N2O7/c41-32-27-28(35(44)38(47)37(46)34(27)43)33(42)36(45)31(32)40-24-11-4-2-7-17(24)20-13-12-18-21(29(20)40)14-15-25-26(18)22-9-5-8-19-16-6-1-3-10-23(16)39(25)30(19)22/h1-15,35,38,41-47H. The van der Waals surface area contributed by atoms with E-state index >= 15 is 0 Å². The van der Waals surface area contributed by atoms with Crippen molar-refractivity contribution in [2.45, 2.75) is 12.2 Å². The van der Waals surface area contributed by atoms with Crippen molar-refractivity contribution in [2.75, 3.05) is 0 Å². The zero-order valence-corrected chi connectivity index (χ0v) is 24.3. The minimum Gasteiger partial charge on any atom is -0.506 e. The predicted molar refractivity (Wildman–Crippen MR) is 181 cm³/mol. The van der Waals surface area contributed by atoms with Crippen molar-refractivity contribution in [2.24, 2.45) is 0 Å². The first-order valence-electron chi connectivity index (χ1n) is 15.1. The largest absolute Gasteiger partial charge is 0.506 e. The van der Waals surface area contributed by atoms with Crippen molar-refractivity contribution >= 4 is 76.4 Å². The van der Waals surface area contributed by atoms with Gasteiger partial charge in [-0.3, -0.25) is 0 Å². The van der Waals surface area contributed by atoms with Crippen LogP contribution in [-0.2, 0) is 0 Å². The van der Waals surface area contributed by atoms with Crippen LogP contribution in [0.3, 0.4) is 0 Å². The lowest BCUT2D eigenvalue weighted by molar-refractivity contribution is 0.0107. The Kier molecular flexibility index (Phi) is 4.75. The average Bonchev–Trinajstić information content (AvgIpc) is 3.73. The highest BCUT2D eigenvalue weighted by molar-refractivity contribution is 6.31. The molecule has 0 fully saturated rings. The summed E-state index contributed by atoms with van der Waals surface area (Å²) in [7, 11) is 0. The number of hydrogen-bond acceptors (Lipinski definition) is 7. The van der Waals surface area contributed by atoms with Crippen molar-refractivity contribution in [1.82, 2.24) is 8.97 Å². The van der Waals surface area contributed by atoms with Gasteiger partial charge >= 0.3 is 0 Å². The third kappa shape index (κ3) is 2.92. The molecule has 1 aliphatic carbocycles. The number of aliphatic hydroxyl groups excluding tert-OH is 4. The van der Waals surface area contributed by atoms with Gasteiger partial charge < -0.3 is 44.7 Å². The molecule has 9 aromatic rings. The fourth-order valence-corrected chi connectivity index (χ4v) is 8.06. The van der Waals surface area contributed by atoms with E-state index in [-0.39, 0.29) is 5.69 Å². The molecule has 3 heterocycles. The molecule has 6 aromatic carbocycles. The highest BCUT2D eigenvalue weighted by atomic mass is 16.4. The van der Waals surface area contributed by atoms with E-state index in [1.54, 1.807) is 4.57 Å². The molecule has 0 bridgehead atoms. The number of aromatic hydroxyl groups is 3. The van der Waals surface area contributed by atoms with Crippen molar-refractivity contribution in [3.05, 3.63) is 108 Å². The number of phenolic OH excluding ortho intramolecular Hbond substituents is 3. The van der Waals surface area contributed by atoms with E-state index in [0.717, 1.165) is 54.3 Å². The molecule has 2 atom stereocenters. The highest BCUT2D eigenvalue weighted by Gasteiger charge is 2.41. The Balaban J connectivity index is 1.40. The fourth-order valence-electron chi connectivity index (χ4n) is 8.06. The summed E-state index contributed by atoms with van der Waals surface area (Å²) in [6.45, 7) is 0. The molecule has 1 aliphatic rings. The summed E-state index contributed by atoms with van der Waals surface area (Å²) < 4.78 is 3.91. The molecule has 0 saturated heterocycles. The first kappa shape index (κ1) is 26.1. The van der Waals surface area contributed by atoms with Crippen LogP contribution < -0.4 is 0 Å². The van der Waals surface area contributed by atoms with Gasteiger partial charge in [0.15, 0.2) is 28.8 Å². The van der Waals surface area contributed by atoms with E-state index in [9.17, 15) is 35.7 Å². The Hall–Kier alpha value is -6.16. The van der Waals surface area contributed by atoms with Gasteiger partial charge in [-0.25, -0.2) is 0 Å². The second-order valence-electron chi connectivity index (χ2n) is 12.2. The average molecular weight is 621 g/mol. The molecule has 0 amide bonds. The monoisotopic (exact) mass is 620 g/mol. The summed E-state index contributed by atoms with van der Waals surface area (Å²) in [5.41, 5.74) is 3.20. The molecule has 7 N–H and O–H groups in total. The summed E-state index contributed by atoms with van der Waals surface area (Å²) in [5.74, 6) is -4.20. The smallest absolute Gasteiger partial charge is 0.186 e. The summed E-state index contributed by atoms with van der Waals surface area (Å²) >= 11 is 0. The van der Waals surface area contributed by atoms with Crippen molar-refractivity contribution < 1.29 is 35.7 Å². The van der Waals surface area contributed by atoms with Gasteiger partial charge in [-0.05, 0) is 23.6 Å².